The molecule has 0 amide bonds. The second-order valence-corrected chi connectivity index (χ2v) is 1.55. The second-order valence-electron chi connectivity index (χ2n) is 1.55. The van der Waals surface area contributed by atoms with Gasteiger partial charge in [0.15, 0.2) is 0 Å². The first-order chi connectivity index (χ1) is 4.75. The standard InChI is InChI=1S/C5H6N2O3.Na.H/c1-10-3-4(8)6-2-7-5(3)9;;/h2H,1H3,(H2,6,7,8,9);;. The van der Waals surface area contributed by atoms with E-state index < -0.39 is 0 Å². The van der Waals surface area contributed by atoms with Gasteiger partial charge < -0.3 is 14.9 Å². The number of hydrogen-bond acceptors (Lipinski definition) is 5. The molecule has 1 aromatic heterocycles. The number of aromatic nitrogens is 2. The fourth-order valence-electron chi connectivity index (χ4n) is 0.538. The third-order valence-electron chi connectivity index (χ3n) is 0.970. The van der Waals surface area contributed by atoms with Crippen molar-refractivity contribution in [1.82, 2.24) is 9.97 Å². The summed E-state index contributed by atoms with van der Waals surface area (Å²) in [6, 6.07) is 0. The van der Waals surface area contributed by atoms with E-state index >= 15 is 0 Å². The van der Waals surface area contributed by atoms with E-state index in [4.69, 9.17) is 10.2 Å². The number of hydrogen-bond donors (Lipinski definition) is 2. The predicted molar refractivity (Wildman–Crippen MR) is 39.1 cm³/mol. The molecule has 0 fully saturated rings. The van der Waals surface area contributed by atoms with Crippen LogP contribution < -0.4 is 4.74 Å². The first-order valence-electron chi connectivity index (χ1n) is 2.52. The fourth-order valence-corrected chi connectivity index (χ4v) is 0.538. The molecule has 1 aromatic rings. The Morgan fingerprint density at radius 2 is 1.73 bits per heavy atom. The SMILES string of the molecule is COc1c(O)ncnc1O.[NaH]. The Bertz CT molecular complexity index is 223. The van der Waals surface area contributed by atoms with Crippen molar-refractivity contribution in [2.24, 2.45) is 0 Å². The van der Waals surface area contributed by atoms with Gasteiger partial charge in [0, 0.05) is 0 Å². The zero-order valence-electron chi connectivity index (χ0n) is 5.27. The van der Waals surface area contributed by atoms with E-state index in [2.05, 4.69) is 14.7 Å². The number of ether oxygens (including phenoxy) is 1. The van der Waals surface area contributed by atoms with E-state index in [1.165, 1.54) is 7.11 Å². The van der Waals surface area contributed by atoms with E-state index in [1.807, 2.05) is 0 Å². The molecule has 5 nitrogen and oxygen atoms in total. The Labute approximate surface area is 85.4 Å². The first-order valence-corrected chi connectivity index (χ1v) is 2.52. The number of aromatic hydroxyl groups is 2. The maximum atomic E-state index is 8.86. The van der Waals surface area contributed by atoms with Crippen LogP contribution in [0.2, 0.25) is 0 Å². The molecule has 0 radical (unpaired) electrons. The molecule has 11 heavy (non-hydrogen) atoms. The van der Waals surface area contributed by atoms with Crippen molar-refractivity contribution in [3.05, 3.63) is 6.33 Å². The first kappa shape index (κ1) is 10.5. The molecule has 1 heterocycles. The van der Waals surface area contributed by atoms with Gasteiger partial charge in [-0.1, -0.05) is 0 Å². The van der Waals surface area contributed by atoms with Crippen LogP contribution in [-0.4, -0.2) is 56.8 Å². The molecular formula is C5H7N2NaO3. The van der Waals surface area contributed by atoms with Crippen molar-refractivity contribution in [3.63, 3.8) is 0 Å². The third-order valence-corrected chi connectivity index (χ3v) is 0.970. The number of nitrogens with zero attached hydrogens (tertiary/aromatic N) is 2. The van der Waals surface area contributed by atoms with Gasteiger partial charge in [-0.3, -0.25) is 0 Å². The third kappa shape index (κ3) is 2.21. The van der Waals surface area contributed by atoms with Crippen LogP contribution >= 0.6 is 0 Å². The molecule has 1 rings (SSSR count). The minimum absolute atomic E-state index is 0. The summed E-state index contributed by atoms with van der Waals surface area (Å²) in [5, 5.41) is 17.7. The van der Waals surface area contributed by atoms with Crippen molar-refractivity contribution in [2.75, 3.05) is 7.11 Å². The summed E-state index contributed by atoms with van der Waals surface area (Å²) in [7, 11) is 1.30. The van der Waals surface area contributed by atoms with Gasteiger partial charge in [-0.2, -0.15) is 9.97 Å². The molecule has 0 aliphatic heterocycles. The average molecular weight is 166 g/mol. The molecule has 6 heteroatoms. The summed E-state index contributed by atoms with van der Waals surface area (Å²) >= 11 is 0. The normalized spacial score (nSPS) is 8.45. The molecule has 0 aliphatic rings. The Balaban J connectivity index is 0.000001000. The summed E-state index contributed by atoms with van der Waals surface area (Å²) < 4.78 is 4.55. The predicted octanol–water partition coefficient (Wildman–Crippen LogP) is -0.752. The van der Waals surface area contributed by atoms with Crippen molar-refractivity contribution in [1.29, 1.82) is 0 Å². The average Bonchev–Trinajstić information content (AvgIpc) is 1.88. The molecule has 0 unspecified atom stereocenters. The van der Waals surface area contributed by atoms with Gasteiger partial charge in [-0.25, -0.2) is 0 Å². The second kappa shape index (κ2) is 4.38. The van der Waals surface area contributed by atoms with Crippen LogP contribution in [0.4, 0.5) is 0 Å². The Kier molecular flexibility index (Phi) is 4.17. The van der Waals surface area contributed by atoms with Crippen molar-refractivity contribution in [3.8, 4) is 17.5 Å². The van der Waals surface area contributed by atoms with Gasteiger partial charge in [-0.05, 0) is 0 Å². The van der Waals surface area contributed by atoms with E-state index in [0.717, 1.165) is 6.33 Å². The number of rotatable bonds is 1. The molecule has 0 bridgehead atoms. The maximum absolute atomic E-state index is 8.86. The molecule has 2 N–H and O–H groups in total. The van der Waals surface area contributed by atoms with Gasteiger partial charge in [-0.15, -0.1) is 0 Å². The summed E-state index contributed by atoms with van der Waals surface area (Å²) in [5.74, 6) is -0.840. The van der Waals surface area contributed by atoms with Gasteiger partial charge >= 0.3 is 29.6 Å². The van der Waals surface area contributed by atoms with Crippen LogP contribution in [0.3, 0.4) is 0 Å². The van der Waals surface area contributed by atoms with E-state index in [9.17, 15) is 0 Å². The molecule has 0 aromatic carbocycles. The zero-order valence-corrected chi connectivity index (χ0v) is 5.27. The minimum atomic E-state index is -0.366. The zero-order chi connectivity index (χ0) is 7.56. The molecule has 0 saturated heterocycles. The fraction of sp³-hybridized carbons (Fsp3) is 0.200. The van der Waals surface area contributed by atoms with Crippen LogP contribution in [-0.2, 0) is 0 Å². The number of methoxy groups -OCH3 is 1. The summed E-state index contributed by atoms with van der Waals surface area (Å²) in [6.07, 6.45) is 1.03. The molecular weight excluding hydrogens is 159 g/mol. The Morgan fingerprint density at radius 3 is 2.00 bits per heavy atom. The van der Waals surface area contributed by atoms with Crippen molar-refractivity contribution in [2.45, 2.75) is 0 Å². The van der Waals surface area contributed by atoms with Gasteiger partial charge in [0.1, 0.15) is 6.33 Å². The van der Waals surface area contributed by atoms with Crippen molar-refractivity contribution < 1.29 is 14.9 Å². The van der Waals surface area contributed by atoms with Gasteiger partial charge in [0.25, 0.3) is 11.8 Å². The summed E-state index contributed by atoms with van der Waals surface area (Å²) in [5.41, 5.74) is 0. The quantitative estimate of drug-likeness (QED) is 0.537. The van der Waals surface area contributed by atoms with Crippen molar-refractivity contribution >= 4 is 29.6 Å². The van der Waals surface area contributed by atoms with Crippen LogP contribution in [0.1, 0.15) is 0 Å². The molecule has 0 aliphatic carbocycles. The molecule has 0 saturated carbocycles. The van der Waals surface area contributed by atoms with Gasteiger partial charge in [0.2, 0.25) is 5.75 Å². The molecule has 0 spiro atoms. The van der Waals surface area contributed by atoms with Gasteiger partial charge in [0.05, 0.1) is 7.11 Å². The Hall–Kier alpha value is -0.520. The molecule has 56 valence electrons. The van der Waals surface area contributed by atoms with Crippen LogP contribution in [0.5, 0.6) is 17.5 Å². The van der Waals surface area contributed by atoms with E-state index in [1.54, 1.807) is 0 Å². The molecule has 0 atom stereocenters. The van der Waals surface area contributed by atoms with E-state index in [-0.39, 0.29) is 47.1 Å². The Morgan fingerprint density at radius 1 is 1.27 bits per heavy atom. The topological polar surface area (TPSA) is 75.5 Å². The van der Waals surface area contributed by atoms with Crippen LogP contribution in [0, 0.1) is 0 Å². The van der Waals surface area contributed by atoms with Crippen LogP contribution in [0.15, 0.2) is 6.33 Å². The summed E-state index contributed by atoms with van der Waals surface area (Å²) in [4.78, 5) is 6.74. The monoisotopic (exact) mass is 166 g/mol. The van der Waals surface area contributed by atoms with E-state index in [0.29, 0.717) is 0 Å². The summed E-state index contributed by atoms with van der Waals surface area (Å²) in [6.45, 7) is 0. The van der Waals surface area contributed by atoms with Crippen LogP contribution in [0.25, 0.3) is 0 Å².